The average molecular weight is 474 g/mol. The number of ether oxygens (including phenoxy) is 2. The summed E-state index contributed by atoms with van der Waals surface area (Å²) in [5.41, 5.74) is 4.23. The van der Waals surface area contributed by atoms with Gasteiger partial charge in [-0.3, -0.25) is 10.1 Å². The Morgan fingerprint density at radius 2 is 1.77 bits per heavy atom. The van der Waals surface area contributed by atoms with Crippen LogP contribution in [0.25, 0.3) is 0 Å². The molecule has 2 aliphatic heterocycles. The highest BCUT2D eigenvalue weighted by Gasteiger charge is 2.28. The van der Waals surface area contributed by atoms with Crippen molar-refractivity contribution in [2.45, 2.75) is 56.5 Å². The van der Waals surface area contributed by atoms with Crippen LogP contribution >= 0.6 is 0 Å². The largest absolute Gasteiger partial charge is 0.443 e. The second-order valence-electron chi connectivity index (χ2n) is 9.75. The van der Waals surface area contributed by atoms with Crippen molar-refractivity contribution in [3.05, 3.63) is 64.7 Å². The molecule has 0 spiro atoms. The van der Waals surface area contributed by atoms with Crippen LogP contribution in [0.15, 0.2) is 42.5 Å². The van der Waals surface area contributed by atoms with Gasteiger partial charge in [-0.25, -0.2) is 4.79 Å². The van der Waals surface area contributed by atoms with Gasteiger partial charge in [0, 0.05) is 30.8 Å². The van der Waals surface area contributed by atoms with Crippen molar-refractivity contribution in [2.75, 3.05) is 31.6 Å². The second kappa shape index (κ2) is 10.5. The predicted molar refractivity (Wildman–Crippen MR) is 131 cm³/mol. The maximum absolute atomic E-state index is 13.3. The van der Waals surface area contributed by atoms with Crippen LogP contribution in [0.3, 0.4) is 0 Å². The smallest absolute Gasteiger partial charge is 0.411 e. The van der Waals surface area contributed by atoms with Crippen molar-refractivity contribution in [3.8, 4) is 6.07 Å². The molecule has 0 aromatic heterocycles. The van der Waals surface area contributed by atoms with E-state index in [2.05, 4.69) is 11.4 Å². The third-order valence-electron chi connectivity index (χ3n) is 7.54. The first kappa shape index (κ1) is 23.4. The molecular formula is C28H31N3O4. The van der Waals surface area contributed by atoms with E-state index in [1.165, 1.54) is 12.0 Å². The number of rotatable bonds is 5. The zero-order chi connectivity index (χ0) is 24.2. The molecule has 1 saturated carbocycles. The number of nitrogens with zero attached hydrogens (tertiary/aromatic N) is 2. The summed E-state index contributed by atoms with van der Waals surface area (Å²) in [6, 6.07) is 15.6. The summed E-state index contributed by atoms with van der Waals surface area (Å²) in [6.07, 6.45) is 5.14. The maximum Gasteiger partial charge on any atom is 0.411 e. The zero-order valence-corrected chi connectivity index (χ0v) is 19.9. The van der Waals surface area contributed by atoms with Gasteiger partial charge < -0.3 is 14.4 Å². The molecule has 0 bridgehead atoms. The topological polar surface area (TPSA) is 91.7 Å². The summed E-state index contributed by atoms with van der Waals surface area (Å²) < 4.78 is 10.8. The number of hydrogen-bond acceptors (Lipinski definition) is 5. The lowest BCUT2D eigenvalue weighted by Gasteiger charge is -2.33. The molecule has 2 saturated heterocycles. The number of nitriles is 1. The number of nitrogens with one attached hydrogen (secondary N) is 1. The molecule has 3 aliphatic rings. The Bertz CT molecular complexity index is 1110. The number of benzene rings is 2. The molecule has 7 nitrogen and oxygen atoms in total. The molecule has 1 aliphatic carbocycles. The average Bonchev–Trinajstić information content (AvgIpc) is 3.36. The van der Waals surface area contributed by atoms with Gasteiger partial charge in [-0.2, -0.15) is 5.26 Å². The molecule has 35 heavy (non-hydrogen) atoms. The Balaban J connectivity index is 1.25. The molecule has 1 N–H and O–H groups in total. The number of anilines is 1. The molecule has 182 valence electrons. The normalized spacial score (nSPS) is 20.7. The molecule has 2 aromatic carbocycles. The highest BCUT2D eigenvalue weighted by atomic mass is 16.6. The van der Waals surface area contributed by atoms with Crippen LogP contribution in [0.1, 0.15) is 77.4 Å². The molecule has 5 rings (SSSR count). The highest BCUT2D eigenvalue weighted by Crippen LogP contribution is 2.40. The van der Waals surface area contributed by atoms with Crippen LogP contribution in [-0.4, -0.2) is 49.3 Å². The van der Waals surface area contributed by atoms with Gasteiger partial charge in [0.25, 0.3) is 5.91 Å². The monoisotopic (exact) mass is 473 g/mol. The summed E-state index contributed by atoms with van der Waals surface area (Å²) in [7, 11) is 0. The van der Waals surface area contributed by atoms with E-state index >= 15 is 0 Å². The molecule has 0 radical (unpaired) electrons. The molecule has 3 fully saturated rings. The first-order valence-corrected chi connectivity index (χ1v) is 12.6. The first-order chi connectivity index (χ1) is 17.1. The zero-order valence-electron chi connectivity index (χ0n) is 19.9. The second-order valence-corrected chi connectivity index (χ2v) is 9.75. The lowest BCUT2D eigenvalue weighted by Crippen LogP contribution is -2.38. The number of amides is 2. The lowest BCUT2D eigenvalue weighted by molar-refractivity contribution is 0.0712. The molecule has 2 aromatic rings. The van der Waals surface area contributed by atoms with Crippen LogP contribution in [0.2, 0.25) is 0 Å². The maximum atomic E-state index is 13.3. The number of likely N-dealkylation sites (tertiary alicyclic amines) is 1. The summed E-state index contributed by atoms with van der Waals surface area (Å²) in [4.78, 5) is 27.8. The van der Waals surface area contributed by atoms with Crippen LogP contribution in [-0.2, 0) is 9.47 Å². The van der Waals surface area contributed by atoms with Crippen molar-refractivity contribution in [1.29, 1.82) is 5.26 Å². The van der Waals surface area contributed by atoms with Crippen molar-refractivity contribution in [2.24, 2.45) is 0 Å². The fraction of sp³-hybridized carbons (Fsp3) is 0.464. The number of carbonyl (C=O) groups excluding carboxylic acids is 2. The van der Waals surface area contributed by atoms with E-state index in [9.17, 15) is 9.59 Å². The van der Waals surface area contributed by atoms with Gasteiger partial charge in [0.1, 0.15) is 6.10 Å². The van der Waals surface area contributed by atoms with Gasteiger partial charge in [0.2, 0.25) is 0 Å². The summed E-state index contributed by atoms with van der Waals surface area (Å²) in [5, 5.41) is 11.9. The molecule has 1 atom stereocenters. The lowest BCUT2D eigenvalue weighted by atomic mass is 9.79. The highest BCUT2D eigenvalue weighted by molar-refractivity contribution is 5.97. The van der Waals surface area contributed by atoms with Crippen molar-refractivity contribution < 1.29 is 19.1 Å². The molecule has 0 unspecified atom stereocenters. The first-order valence-electron chi connectivity index (χ1n) is 12.6. The van der Waals surface area contributed by atoms with Crippen LogP contribution in [0, 0.1) is 11.3 Å². The SMILES string of the molecule is N#Cc1ccc(C2CCN(C(=O)c3ccc(C4CCC4)c(NC(=O)O[C@H]4CCOC4)c3)CC2)cc1. The standard InChI is InChI=1S/C28H31N3O4/c29-17-19-4-6-20(7-5-19)21-10-13-31(14-11-21)27(32)23-8-9-25(22-2-1-3-22)26(16-23)30-28(33)35-24-12-15-34-18-24/h4-9,16,21-22,24H,1-3,10-15,18H2,(H,30,33)/t24-/m0/s1. The van der Waals surface area contributed by atoms with Gasteiger partial charge in [-0.1, -0.05) is 24.6 Å². The van der Waals surface area contributed by atoms with Crippen LogP contribution in [0.4, 0.5) is 10.5 Å². The minimum absolute atomic E-state index is 0.0101. The molecule has 2 amide bonds. The Morgan fingerprint density at radius 1 is 1.00 bits per heavy atom. The Kier molecular flexibility index (Phi) is 7.01. The van der Waals surface area contributed by atoms with Gasteiger partial charge in [0.05, 0.1) is 24.8 Å². The van der Waals surface area contributed by atoms with Crippen molar-refractivity contribution >= 4 is 17.7 Å². The van der Waals surface area contributed by atoms with E-state index in [0.29, 0.717) is 61.4 Å². The fourth-order valence-electron chi connectivity index (χ4n) is 5.20. The minimum atomic E-state index is -0.492. The van der Waals surface area contributed by atoms with Gasteiger partial charge in [-0.05, 0) is 72.9 Å². The van der Waals surface area contributed by atoms with Gasteiger partial charge >= 0.3 is 6.09 Å². The Hall–Kier alpha value is -3.37. The van der Waals surface area contributed by atoms with E-state index in [0.717, 1.165) is 31.2 Å². The van der Waals surface area contributed by atoms with E-state index in [1.807, 2.05) is 47.4 Å². The van der Waals surface area contributed by atoms with E-state index < -0.39 is 6.09 Å². The Labute approximate surface area is 206 Å². The van der Waals surface area contributed by atoms with Gasteiger partial charge in [-0.15, -0.1) is 0 Å². The number of carbonyl (C=O) groups is 2. The van der Waals surface area contributed by atoms with Crippen molar-refractivity contribution in [1.82, 2.24) is 4.90 Å². The number of hydrogen-bond donors (Lipinski definition) is 1. The summed E-state index contributed by atoms with van der Waals surface area (Å²) >= 11 is 0. The number of piperidine rings is 1. The molecular weight excluding hydrogens is 442 g/mol. The fourth-order valence-corrected chi connectivity index (χ4v) is 5.20. The molecule has 2 heterocycles. The van der Waals surface area contributed by atoms with Gasteiger partial charge in [0.15, 0.2) is 0 Å². The summed E-state index contributed by atoms with van der Waals surface area (Å²) in [5.74, 6) is 0.788. The van der Waals surface area contributed by atoms with E-state index in [1.54, 1.807) is 0 Å². The summed E-state index contributed by atoms with van der Waals surface area (Å²) in [6.45, 7) is 2.40. The quantitative estimate of drug-likeness (QED) is 0.646. The third-order valence-corrected chi connectivity index (χ3v) is 7.54. The minimum Gasteiger partial charge on any atom is -0.443 e. The van der Waals surface area contributed by atoms with Crippen molar-refractivity contribution in [3.63, 3.8) is 0 Å². The van der Waals surface area contributed by atoms with E-state index in [-0.39, 0.29) is 12.0 Å². The van der Waals surface area contributed by atoms with Crippen LogP contribution in [0.5, 0.6) is 0 Å². The molecule has 7 heteroatoms. The van der Waals surface area contributed by atoms with E-state index in [4.69, 9.17) is 14.7 Å². The van der Waals surface area contributed by atoms with Crippen LogP contribution < -0.4 is 5.32 Å². The predicted octanol–water partition coefficient (Wildman–Crippen LogP) is 5.18. The third kappa shape index (κ3) is 5.33. The Morgan fingerprint density at radius 3 is 2.40 bits per heavy atom.